The van der Waals surface area contributed by atoms with Crippen LogP contribution in [0.1, 0.15) is 20.8 Å². The molecule has 0 fully saturated rings. The van der Waals surface area contributed by atoms with Crippen molar-refractivity contribution in [1.29, 1.82) is 0 Å². The van der Waals surface area contributed by atoms with E-state index in [4.69, 9.17) is 0 Å². The highest BCUT2D eigenvalue weighted by molar-refractivity contribution is 7.93. The molecule has 0 radical (unpaired) electrons. The van der Waals surface area contributed by atoms with Crippen LogP contribution in [0, 0.1) is 5.41 Å². The van der Waals surface area contributed by atoms with Crippen LogP contribution in [0.3, 0.4) is 0 Å². The topological polar surface area (TPSA) is 29.4 Å². The summed E-state index contributed by atoms with van der Waals surface area (Å²) in [6, 6.07) is 9.45. The monoisotopic (exact) mass is 225 g/mol. The SMILES string of the molecule is CC(C)(C)CN=S(C)(=O)c1ccccc1. The van der Waals surface area contributed by atoms with E-state index in [0.717, 1.165) is 4.90 Å². The second-order valence-corrected chi connectivity index (χ2v) is 7.30. The summed E-state index contributed by atoms with van der Waals surface area (Å²) in [7, 11) is -2.22. The Labute approximate surface area is 92.9 Å². The highest BCUT2D eigenvalue weighted by Crippen LogP contribution is 2.17. The number of benzene rings is 1. The zero-order valence-corrected chi connectivity index (χ0v) is 10.7. The molecule has 0 aliphatic carbocycles. The molecule has 1 aromatic carbocycles. The van der Waals surface area contributed by atoms with Crippen LogP contribution in [-0.4, -0.2) is 17.0 Å². The average Bonchev–Trinajstić information content (AvgIpc) is 2.16. The van der Waals surface area contributed by atoms with Crippen LogP contribution in [-0.2, 0) is 9.73 Å². The van der Waals surface area contributed by atoms with Gasteiger partial charge in [-0.1, -0.05) is 39.0 Å². The maximum absolute atomic E-state index is 12.3. The molecule has 0 aromatic heterocycles. The summed E-state index contributed by atoms with van der Waals surface area (Å²) in [5.41, 5.74) is 0.0907. The van der Waals surface area contributed by atoms with Crippen LogP contribution in [0.25, 0.3) is 0 Å². The summed E-state index contributed by atoms with van der Waals surface area (Å²) >= 11 is 0. The van der Waals surface area contributed by atoms with Crippen molar-refractivity contribution in [3.8, 4) is 0 Å². The molecule has 0 saturated carbocycles. The summed E-state index contributed by atoms with van der Waals surface area (Å²) in [4.78, 5) is 0.814. The maximum Gasteiger partial charge on any atom is 0.0723 e. The first kappa shape index (κ1) is 12.2. The maximum atomic E-state index is 12.3. The molecule has 84 valence electrons. The standard InChI is InChI=1S/C12H19NOS/c1-12(2,3)10-13-15(4,14)11-8-6-5-7-9-11/h5-9H,10H2,1-4H3. The number of rotatable bonds is 2. The van der Waals surface area contributed by atoms with E-state index in [1.807, 2.05) is 30.3 Å². The van der Waals surface area contributed by atoms with E-state index in [1.54, 1.807) is 6.26 Å². The van der Waals surface area contributed by atoms with Crippen molar-refractivity contribution in [3.63, 3.8) is 0 Å². The third-order valence-electron chi connectivity index (χ3n) is 1.97. The first-order chi connectivity index (χ1) is 6.81. The minimum Gasteiger partial charge on any atom is -0.245 e. The Morgan fingerprint density at radius 1 is 1.20 bits per heavy atom. The van der Waals surface area contributed by atoms with Crippen molar-refractivity contribution in [3.05, 3.63) is 30.3 Å². The second-order valence-electron chi connectivity index (χ2n) is 4.96. The summed E-state index contributed by atoms with van der Waals surface area (Å²) in [5, 5.41) is 0. The van der Waals surface area contributed by atoms with Gasteiger partial charge in [-0.05, 0) is 17.5 Å². The second kappa shape index (κ2) is 4.35. The van der Waals surface area contributed by atoms with Crippen molar-refractivity contribution < 1.29 is 4.21 Å². The summed E-state index contributed by atoms with van der Waals surface area (Å²) in [6.45, 7) is 6.91. The molecule has 0 aliphatic rings. The van der Waals surface area contributed by atoms with Crippen LogP contribution in [0.4, 0.5) is 0 Å². The van der Waals surface area contributed by atoms with Crippen molar-refractivity contribution in [2.45, 2.75) is 25.7 Å². The van der Waals surface area contributed by atoms with Crippen LogP contribution < -0.4 is 0 Å². The van der Waals surface area contributed by atoms with Gasteiger partial charge in [0.1, 0.15) is 0 Å². The molecular weight excluding hydrogens is 206 g/mol. The molecular formula is C12H19NOS. The molecule has 0 saturated heterocycles. The third-order valence-corrected chi connectivity index (χ3v) is 3.73. The number of nitrogens with zero attached hydrogens (tertiary/aromatic N) is 1. The molecule has 3 heteroatoms. The lowest BCUT2D eigenvalue weighted by Crippen LogP contribution is -2.11. The Balaban J connectivity index is 2.99. The molecule has 0 N–H and O–H groups in total. The third kappa shape index (κ3) is 4.04. The molecule has 1 rings (SSSR count). The molecule has 0 aliphatic heterocycles. The van der Waals surface area contributed by atoms with Crippen molar-refractivity contribution in [2.24, 2.45) is 9.78 Å². The minimum atomic E-state index is -2.22. The van der Waals surface area contributed by atoms with Gasteiger partial charge in [0.05, 0.1) is 16.3 Å². The van der Waals surface area contributed by atoms with Gasteiger partial charge in [0.25, 0.3) is 0 Å². The van der Waals surface area contributed by atoms with Crippen LogP contribution >= 0.6 is 0 Å². The zero-order valence-electron chi connectivity index (χ0n) is 9.86. The molecule has 2 nitrogen and oxygen atoms in total. The Morgan fingerprint density at radius 2 is 1.73 bits per heavy atom. The normalized spacial score (nSPS) is 15.7. The highest BCUT2D eigenvalue weighted by Gasteiger charge is 2.11. The van der Waals surface area contributed by atoms with Gasteiger partial charge in [0, 0.05) is 11.2 Å². The molecule has 0 spiro atoms. The zero-order chi connectivity index (χ0) is 11.5. The number of hydrogen-bond acceptors (Lipinski definition) is 2. The molecule has 0 bridgehead atoms. The van der Waals surface area contributed by atoms with Crippen molar-refractivity contribution in [1.82, 2.24) is 0 Å². The van der Waals surface area contributed by atoms with E-state index in [9.17, 15) is 4.21 Å². The van der Waals surface area contributed by atoms with Gasteiger partial charge in [0.15, 0.2) is 0 Å². The Morgan fingerprint density at radius 3 is 2.20 bits per heavy atom. The van der Waals surface area contributed by atoms with Gasteiger partial charge in [-0.25, -0.2) is 8.57 Å². The molecule has 0 heterocycles. The molecule has 1 aromatic rings. The van der Waals surface area contributed by atoms with E-state index in [0.29, 0.717) is 6.54 Å². The minimum absolute atomic E-state index is 0.0907. The lowest BCUT2D eigenvalue weighted by Gasteiger charge is -2.15. The summed E-state index contributed by atoms with van der Waals surface area (Å²) in [6.07, 6.45) is 1.70. The first-order valence-corrected chi connectivity index (χ1v) is 6.97. The van der Waals surface area contributed by atoms with E-state index >= 15 is 0 Å². The Hall–Kier alpha value is -0.830. The van der Waals surface area contributed by atoms with Gasteiger partial charge >= 0.3 is 0 Å². The molecule has 1 atom stereocenters. The Kier molecular flexibility index (Phi) is 3.55. The predicted octanol–water partition coefficient (Wildman–Crippen LogP) is 3.19. The number of hydrogen-bond donors (Lipinski definition) is 0. The van der Waals surface area contributed by atoms with E-state index in [1.165, 1.54) is 0 Å². The first-order valence-electron chi connectivity index (χ1n) is 5.04. The van der Waals surface area contributed by atoms with Gasteiger partial charge < -0.3 is 0 Å². The van der Waals surface area contributed by atoms with Crippen molar-refractivity contribution in [2.75, 3.05) is 12.8 Å². The summed E-state index contributed by atoms with van der Waals surface area (Å²) < 4.78 is 16.6. The van der Waals surface area contributed by atoms with Crippen LogP contribution in [0.5, 0.6) is 0 Å². The van der Waals surface area contributed by atoms with E-state index < -0.39 is 9.73 Å². The van der Waals surface area contributed by atoms with Gasteiger partial charge in [0.2, 0.25) is 0 Å². The molecule has 15 heavy (non-hydrogen) atoms. The highest BCUT2D eigenvalue weighted by atomic mass is 32.2. The fourth-order valence-electron chi connectivity index (χ4n) is 1.06. The lowest BCUT2D eigenvalue weighted by molar-refractivity contribution is 0.430. The van der Waals surface area contributed by atoms with E-state index in [2.05, 4.69) is 25.1 Å². The average molecular weight is 225 g/mol. The van der Waals surface area contributed by atoms with Gasteiger partial charge in [-0.2, -0.15) is 0 Å². The van der Waals surface area contributed by atoms with Crippen molar-refractivity contribution >= 4 is 9.73 Å². The predicted molar refractivity (Wildman–Crippen MR) is 65.5 cm³/mol. The van der Waals surface area contributed by atoms with E-state index in [-0.39, 0.29) is 5.41 Å². The largest absolute Gasteiger partial charge is 0.245 e. The van der Waals surface area contributed by atoms with Gasteiger partial charge in [-0.15, -0.1) is 0 Å². The fraction of sp³-hybridized carbons (Fsp3) is 0.500. The van der Waals surface area contributed by atoms with Crippen LogP contribution in [0.15, 0.2) is 39.6 Å². The molecule has 1 unspecified atom stereocenters. The lowest BCUT2D eigenvalue weighted by atomic mass is 9.98. The summed E-state index contributed by atoms with van der Waals surface area (Å²) in [5.74, 6) is 0. The fourth-order valence-corrected chi connectivity index (χ4v) is 2.51. The van der Waals surface area contributed by atoms with Crippen LogP contribution in [0.2, 0.25) is 0 Å². The Bertz CT molecular complexity index is 423. The quantitative estimate of drug-likeness (QED) is 0.760. The van der Waals surface area contributed by atoms with Gasteiger partial charge in [-0.3, -0.25) is 0 Å². The smallest absolute Gasteiger partial charge is 0.0723 e. The molecule has 0 amide bonds.